The highest BCUT2D eigenvalue weighted by atomic mass is 32.1. The minimum atomic E-state index is 0.662. The molecule has 4 nitrogen and oxygen atoms in total. The average molecular weight is 390 g/mol. The van der Waals surface area contributed by atoms with Crippen molar-refractivity contribution in [1.29, 1.82) is 0 Å². The molecule has 0 bridgehead atoms. The van der Waals surface area contributed by atoms with E-state index in [1.807, 2.05) is 30.1 Å². The average Bonchev–Trinajstić information content (AvgIpc) is 3.41. The topological polar surface area (TPSA) is 39.9 Å². The smallest absolute Gasteiger partial charge is 0.0975 e. The molecule has 28 heavy (non-hydrogen) atoms. The quantitative estimate of drug-likeness (QED) is 0.423. The summed E-state index contributed by atoms with van der Waals surface area (Å²) in [5.41, 5.74) is 6.06. The molecule has 0 saturated carbocycles. The molecule has 0 aliphatic heterocycles. The van der Waals surface area contributed by atoms with Gasteiger partial charge < -0.3 is 4.74 Å². The predicted octanol–water partition coefficient (Wildman–Crippen LogP) is 5.43. The first-order valence-electron chi connectivity index (χ1n) is 9.44. The van der Waals surface area contributed by atoms with Gasteiger partial charge >= 0.3 is 0 Å². The van der Waals surface area contributed by atoms with Crippen molar-refractivity contribution < 1.29 is 4.74 Å². The fraction of sp³-hybridized carbons (Fsp3) is 0.217. The number of benzene rings is 2. The molecule has 0 atom stereocenters. The van der Waals surface area contributed by atoms with Crippen LogP contribution in [0.2, 0.25) is 0 Å². The van der Waals surface area contributed by atoms with Crippen molar-refractivity contribution in [3.63, 3.8) is 0 Å². The van der Waals surface area contributed by atoms with E-state index in [9.17, 15) is 0 Å². The van der Waals surface area contributed by atoms with E-state index >= 15 is 0 Å². The summed E-state index contributed by atoms with van der Waals surface area (Å²) in [5.74, 6) is 0. The first-order chi connectivity index (χ1) is 13.7. The molecule has 4 aromatic rings. The molecule has 0 spiro atoms. The highest BCUT2D eigenvalue weighted by Crippen LogP contribution is 2.29. The highest BCUT2D eigenvalue weighted by molar-refractivity contribution is 7.15. The number of hydrogen-bond donors (Lipinski definition) is 0. The van der Waals surface area contributed by atoms with Crippen LogP contribution in [0.25, 0.3) is 16.1 Å². The van der Waals surface area contributed by atoms with E-state index in [0.29, 0.717) is 6.61 Å². The number of rotatable bonds is 7. The fourth-order valence-electron chi connectivity index (χ4n) is 3.11. The predicted molar refractivity (Wildman–Crippen MR) is 114 cm³/mol. The second-order valence-electron chi connectivity index (χ2n) is 6.69. The molecular weight excluding hydrogens is 366 g/mol. The van der Waals surface area contributed by atoms with Gasteiger partial charge in [0.15, 0.2) is 0 Å². The first-order valence-corrected chi connectivity index (χ1v) is 10.3. The Morgan fingerprint density at radius 1 is 1.11 bits per heavy atom. The van der Waals surface area contributed by atoms with Crippen molar-refractivity contribution in [2.45, 2.75) is 26.9 Å². The van der Waals surface area contributed by atoms with Crippen LogP contribution in [0.15, 0.2) is 67.1 Å². The number of ether oxygens (including phenoxy) is 1. The van der Waals surface area contributed by atoms with E-state index in [1.165, 1.54) is 27.1 Å². The molecule has 4 rings (SSSR count). The fourth-order valence-corrected chi connectivity index (χ4v) is 4.06. The molecule has 142 valence electrons. The standard InChI is InChI=1S/C23H23N3OS/c1-3-27-16-18-6-5-17(2)20(13-18)14-23-24-15-22(28-23)19-7-9-21(10-8-19)26-12-4-11-25-26/h4-13,15H,3,14,16H2,1-2H3. The zero-order chi connectivity index (χ0) is 19.3. The van der Waals surface area contributed by atoms with Gasteiger partial charge in [0.25, 0.3) is 0 Å². The molecule has 5 heteroatoms. The van der Waals surface area contributed by atoms with E-state index in [-0.39, 0.29) is 0 Å². The zero-order valence-corrected chi connectivity index (χ0v) is 16.9. The summed E-state index contributed by atoms with van der Waals surface area (Å²) < 4.78 is 7.40. The second kappa shape index (κ2) is 8.50. The highest BCUT2D eigenvalue weighted by Gasteiger charge is 2.09. The summed E-state index contributed by atoms with van der Waals surface area (Å²) in [7, 11) is 0. The number of nitrogens with zero attached hydrogens (tertiary/aromatic N) is 3. The lowest BCUT2D eigenvalue weighted by Gasteiger charge is -2.08. The van der Waals surface area contributed by atoms with Gasteiger partial charge in [-0.1, -0.05) is 30.3 Å². The van der Waals surface area contributed by atoms with Gasteiger partial charge in [-0.15, -0.1) is 11.3 Å². The Labute approximate surface area is 169 Å². The van der Waals surface area contributed by atoms with E-state index < -0.39 is 0 Å². The van der Waals surface area contributed by atoms with E-state index in [0.717, 1.165) is 23.7 Å². The van der Waals surface area contributed by atoms with Crippen molar-refractivity contribution in [3.8, 4) is 16.1 Å². The third kappa shape index (κ3) is 4.21. The normalized spacial score (nSPS) is 11.1. The Bertz CT molecular complexity index is 1040. The van der Waals surface area contributed by atoms with E-state index in [2.05, 4.69) is 59.5 Å². The van der Waals surface area contributed by atoms with Crippen LogP contribution >= 0.6 is 11.3 Å². The molecule has 0 amide bonds. The maximum Gasteiger partial charge on any atom is 0.0975 e. The number of thiazole rings is 1. The van der Waals surface area contributed by atoms with Crippen molar-refractivity contribution in [1.82, 2.24) is 14.8 Å². The van der Waals surface area contributed by atoms with Crippen molar-refractivity contribution in [3.05, 3.63) is 88.8 Å². The number of hydrogen-bond acceptors (Lipinski definition) is 4. The maximum absolute atomic E-state index is 5.54. The second-order valence-corrected chi connectivity index (χ2v) is 7.81. The molecule has 2 aromatic carbocycles. The third-order valence-corrected chi connectivity index (χ3v) is 5.75. The molecule has 2 aromatic heterocycles. The Hall–Kier alpha value is -2.76. The monoisotopic (exact) mass is 389 g/mol. The van der Waals surface area contributed by atoms with Crippen LogP contribution in [0.3, 0.4) is 0 Å². The molecule has 2 heterocycles. The van der Waals surface area contributed by atoms with Crippen LogP contribution < -0.4 is 0 Å². The van der Waals surface area contributed by atoms with E-state index in [4.69, 9.17) is 4.74 Å². The molecule has 0 saturated heterocycles. The van der Waals surface area contributed by atoms with Crippen molar-refractivity contribution in [2.24, 2.45) is 0 Å². The van der Waals surface area contributed by atoms with Crippen molar-refractivity contribution in [2.75, 3.05) is 6.61 Å². The van der Waals surface area contributed by atoms with Gasteiger partial charge in [0.2, 0.25) is 0 Å². The Balaban J connectivity index is 1.50. The largest absolute Gasteiger partial charge is 0.377 e. The van der Waals surface area contributed by atoms with Crippen LogP contribution in [0.1, 0.15) is 28.6 Å². The molecule has 0 aliphatic rings. The van der Waals surface area contributed by atoms with Crippen LogP contribution in [0, 0.1) is 6.92 Å². The molecule has 0 aliphatic carbocycles. The lowest BCUT2D eigenvalue weighted by atomic mass is 10.0. The summed E-state index contributed by atoms with van der Waals surface area (Å²) in [6.07, 6.45) is 6.56. The minimum Gasteiger partial charge on any atom is -0.377 e. The van der Waals surface area contributed by atoms with Gasteiger partial charge in [-0.3, -0.25) is 0 Å². The van der Waals surface area contributed by atoms with Gasteiger partial charge in [0.05, 0.1) is 22.2 Å². The van der Waals surface area contributed by atoms with Gasteiger partial charge in [0.1, 0.15) is 0 Å². The minimum absolute atomic E-state index is 0.662. The van der Waals surface area contributed by atoms with Crippen LogP contribution in [-0.2, 0) is 17.8 Å². The van der Waals surface area contributed by atoms with Gasteiger partial charge in [-0.25, -0.2) is 9.67 Å². The molecule has 0 radical (unpaired) electrons. The summed E-state index contributed by atoms with van der Waals surface area (Å²) >= 11 is 1.75. The molecule has 0 N–H and O–H groups in total. The maximum atomic E-state index is 5.54. The van der Waals surface area contributed by atoms with Gasteiger partial charge in [-0.2, -0.15) is 5.10 Å². The summed E-state index contributed by atoms with van der Waals surface area (Å²) in [4.78, 5) is 5.85. The Morgan fingerprint density at radius 2 is 1.96 bits per heavy atom. The Kier molecular flexibility index (Phi) is 5.65. The first kappa shape index (κ1) is 18.6. The lowest BCUT2D eigenvalue weighted by Crippen LogP contribution is -1.96. The summed E-state index contributed by atoms with van der Waals surface area (Å²) in [6, 6.07) is 16.9. The molecule has 0 unspecified atom stereocenters. The zero-order valence-electron chi connectivity index (χ0n) is 16.1. The lowest BCUT2D eigenvalue weighted by molar-refractivity contribution is 0.134. The van der Waals surface area contributed by atoms with Gasteiger partial charge in [0, 0.05) is 31.6 Å². The van der Waals surface area contributed by atoms with Gasteiger partial charge in [-0.05, 0) is 54.3 Å². The van der Waals surface area contributed by atoms with Crippen molar-refractivity contribution >= 4 is 11.3 Å². The number of aromatic nitrogens is 3. The molecule has 0 fully saturated rings. The summed E-state index contributed by atoms with van der Waals surface area (Å²) in [5, 5.41) is 5.40. The molecular formula is C23H23N3OS. The number of aryl methyl sites for hydroxylation is 1. The van der Waals surface area contributed by atoms with Crippen LogP contribution in [0.4, 0.5) is 0 Å². The summed E-state index contributed by atoms with van der Waals surface area (Å²) in [6.45, 7) is 5.57. The SMILES string of the molecule is CCOCc1ccc(C)c(Cc2ncc(-c3ccc(-n4cccn4)cc3)s2)c1. The van der Waals surface area contributed by atoms with E-state index in [1.54, 1.807) is 17.5 Å². The third-order valence-electron chi connectivity index (χ3n) is 4.70. The van der Waals surface area contributed by atoms with Crippen LogP contribution in [0.5, 0.6) is 0 Å². The Morgan fingerprint density at radius 3 is 2.71 bits per heavy atom. The van der Waals surface area contributed by atoms with Crippen LogP contribution in [-0.4, -0.2) is 21.4 Å².